The predicted molar refractivity (Wildman–Crippen MR) is 161 cm³/mol. The van der Waals surface area contributed by atoms with Crippen LogP contribution in [0.25, 0.3) is 17.0 Å². The normalized spacial score (nSPS) is 27.3. The summed E-state index contributed by atoms with van der Waals surface area (Å²) in [7, 11) is 0. The van der Waals surface area contributed by atoms with Crippen molar-refractivity contribution in [2.24, 2.45) is 11.3 Å². The molecule has 1 spiro atoms. The van der Waals surface area contributed by atoms with Crippen LogP contribution in [0.5, 0.6) is 0 Å². The Hall–Kier alpha value is -4.45. The third-order valence-electron chi connectivity index (χ3n) is 8.12. The number of amides is 3. The lowest BCUT2D eigenvalue weighted by molar-refractivity contribution is -0.178. The molecule has 2 saturated heterocycles. The highest BCUT2D eigenvalue weighted by atomic mass is 16.7. The van der Waals surface area contributed by atoms with Crippen LogP contribution in [0, 0.1) is 11.3 Å². The van der Waals surface area contributed by atoms with Crippen molar-refractivity contribution in [3.8, 4) is 0 Å². The standard InChI is InChI=1S/C32H39N5O7/c1-18(2)27-29(39)34-20(4)30(40)37-14-6-7-25(36-37)28(38)33-19(3)24-11-10-23-9-8-22(15-26(23)35-24)12-13-32(31(41)44-27)16-42-21(5)43-17-32/h8-13,15,18-20,25,27,36H,5-7,14,16-17H2,1-4H3,(H,33,38)(H,34,39)/b13-12+/t19-,20+,25+,27+/m1/s1. The number of carbonyl (C=O) groups excluding carboxylic acids is 4. The first-order valence-corrected chi connectivity index (χ1v) is 14.9. The van der Waals surface area contributed by atoms with E-state index in [1.54, 1.807) is 32.9 Å². The summed E-state index contributed by atoms with van der Waals surface area (Å²) in [5.74, 6) is -2.32. The first kappa shape index (κ1) is 31.0. The molecule has 0 aliphatic carbocycles. The van der Waals surface area contributed by atoms with Gasteiger partial charge in [0.15, 0.2) is 11.5 Å². The van der Waals surface area contributed by atoms with Crippen molar-refractivity contribution in [2.45, 2.75) is 64.8 Å². The molecule has 0 saturated carbocycles. The number of nitrogens with zero attached hydrogens (tertiary/aromatic N) is 2. The number of benzene rings is 1. The summed E-state index contributed by atoms with van der Waals surface area (Å²) in [5.41, 5.74) is 3.78. The number of nitrogens with one attached hydrogen (secondary N) is 3. The number of ether oxygens (including phenoxy) is 3. The number of pyridine rings is 1. The molecule has 5 bridgehead atoms. The Balaban J connectivity index is 1.53. The third-order valence-corrected chi connectivity index (χ3v) is 8.12. The van der Waals surface area contributed by atoms with Gasteiger partial charge in [-0.25, -0.2) is 5.43 Å². The number of esters is 1. The van der Waals surface area contributed by atoms with Crippen LogP contribution < -0.4 is 16.1 Å². The Morgan fingerprint density at radius 1 is 1.00 bits per heavy atom. The topological polar surface area (TPSA) is 148 Å². The molecule has 2 fully saturated rings. The van der Waals surface area contributed by atoms with Crippen molar-refractivity contribution in [1.82, 2.24) is 26.1 Å². The zero-order chi connectivity index (χ0) is 31.6. The second kappa shape index (κ2) is 12.7. The van der Waals surface area contributed by atoms with Gasteiger partial charge in [0.1, 0.15) is 25.3 Å². The van der Waals surface area contributed by atoms with Crippen molar-refractivity contribution in [3.63, 3.8) is 0 Å². The molecule has 4 atom stereocenters. The maximum atomic E-state index is 13.8. The molecule has 234 valence electrons. The Morgan fingerprint density at radius 3 is 2.43 bits per heavy atom. The fourth-order valence-corrected chi connectivity index (χ4v) is 5.37. The Bertz CT molecular complexity index is 1500. The molecule has 0 unspecified atom stereocenters. The fourth-order valence-electron chi connectivity index (χ4n) is 5.37. The lowest BCUT2D eigenvalue weighted by Crippen LogP contribution is -2.61. The van der Waals surface area contributed by atoms with E-state index in [2.05, 4.69) is 22.6 Å². The first-order chi connectivity index (χ1) is 21.0. The van der Waals surface area contributed by atoms with Crippen LogP contribution in [-0.4, -0.2) is 71.6 Å². The molecule has 1 aromatic carbocycles. The molecule has 3 aliphatic rings. The van der Waals surface area contributed by atoms with Gasteiger partial charge in [0.05, 0.1) is 17.3 Å². The zero-order valence-corrected chi connectivity index (χ0v) is 25.4. The summed E-state index contributed by atoms with van der Waals surface area (Å²) in [6, 6.07) is 7.51. The van der Waals surface area contributed by atoms with Crippen LogP contribution in [0.2, 0.25) is 0 Å². The molecule has 12 nitrogen and oxygen atoms in total. The molecule has 0 radical (unpaired) electrons. The summed E-state index contributed by atoms with van der Waals surface area (Å²) in [4.78, 5) is 58.5. The van der Waals surface area contributed by atoms with E-state index in [4.69, 9.17) is 19.2 Å². The Kier molecular flexibility index (Phi) is 8.91. The fraction of sp³-hybridized carbons (Fsp3) is 0.469. The van der Waals surface area contributed by atoms with Crippen molar-refractivity contribution in [3.05, 3.63) is 60.2 Å². The van der Waals surface area contributed by atoms with E-state index in [0.717, 1.165) is 10.9 Å². The number of aromatic nitrogens is 1. The van der Waals surface area contributed by atoms with Gasteiger partial charge in [0.25, 0.3) is 17.8 Å². The summed E-state index contributed by atoms with van der Waals surface area (Å²) >= 11 is 0. The first-order valence-electron chi connectivity index (χ1n) is 14.9. The number of carbonyl (C=O) groups is 4. The minimum absolute atomic E-state index is 0.0851. The average molecular weight is 606 g/mol. The van der Waals surface area contributed by atoms with E-state index >= 15 is 0 Å². The van der Waals surface area contributed by atoms with Crippen LogP contribution in [0.3, 0.4) is 0 Å². The van der Waals surface area contributed by atoms with Gasteiger partial charge < -0.3 is 24.8 Å². The lowest BCUT2D eigenvalue weighted by atomic mass is 9.88. The molecule has 5 rings (SSSR count). The second-order valence-electron chi connectivity index (χ2n) is 12.0. The monoisotopic (exact) mass is 605 g/mol. The van der Waals surface area contributed by atoms with Crippen molar-refractivity contribution < 1.29 is 33.4 Å². The van der Waals surface area contributed by atoms with E-state index in [1.807, 2.05) is 37.3 Å². The van der Waals surface area contributed by atoms with Crippen LogP contribution in [0.15, 0.2) is 48.9 Å². The number of hydrazine groups is 1. The van der Waals surface area contributed by atoms with Crippen molar-refractivity contribution >= 4 is 40.7 Å². The van der Waals surface area contributed by atoms with E-state index in [-0.39, 0.29) is 25.1 Å². The zero-order valence-electron chi connectivity index (χ0n) is 25.4. The van der Waals surface area contributed by atoms with Crippen LogP contribution in [0.4, 0.5) is 0 Å². The van der Waals surface area contributed by atoms with Gasteiger partial charge in [-0.1, -0.05) is 44.2 Å². The minimum Gasteiger partial charge on any atom is -0.464 e. The summed E-state index contributed by atoms with van der Waals surface area (Å²) in [5, 5.41) is 7.96. The molecule has 3 N–H and O–H groups in total. The molecule has 2 aromatic rings. The van der Waals surface area contributed by atoms with E-state index in [9.17, 15) is 19.2 Å². The predicted octanol–water partition coefficient (Wildman–Crippen LogP) is 2.51. The van der Waals surface area contributed by atoms with Crippen LogP contribution in [-0.2, 0) is 33.4 Å². The highest BCUT2D eigenvalue weighted by Crippen LogP contribution is 2.32. The highest BCUT2D eigenvalue weighted by molar-refractivity contribution is 5.92. The van der Waals surface area contributed by atoms with Gasteiger partial charge in [-0.15, -0.1) is 0 Å². The van der Waals surface area contributed by atoms with Gasteiger partial charge >= 0.3 is 5.97 Å². The molecule has 44 heavy (non-hydrogen) atoms. The number of hydrogen-bond donors (Lipinski definition) is 3. The molecule has 1 aromatic heterocycles. The summed E-state index contributed by atoms with van der Waals surface area (Å²) in [6.07, 6.45) is 3.35. The minimum atomic E-state index is -1.37. The lowest BCUT2D eigenvalue weighted by Gasteiger charge is -2.36. The maximum Gasteiger partial charge on any atom is 0.323 e. The molecule has 12 heteroatoms. The van der Waals surface area contributed by atoms with Crippen molar-refractivity contribution in [1.29, 1.82) is 0 Å². The molecular formula is C32H39N5O7. The van der Waals surface area contributed by atoms with Gasteiger partial charge in [0.2, 0.25) is 5.91 Å². The number of fused-ring (bicyclic) bond motifs is 4. The van der Waals surface area contributed by atoms with Gasteiger partial charge in [-0.05, 0) is 56.9 Å². The number of hydrogen-bond acceptors (Lipinski definition) is 9. The number of cyclic esters (lactones) is 1. The van der Waals surface area contributed by atoms with Crippen molar-refractivity contribution in [2.75, 3.05) is 19.8 Å². The van der Waals surface area contributed by atoms with Crippen LogP contribution >= 0.6 is 0 Å². The number of rotatable bonds is 1. The van der Waals surface area contributed by atoms with E-state index in [0.29, 0.717) is 30.6 Å². The quantitative estimate of drug-likeness (QED) is 0.417. The summed E-state index contributed by atoms with van der Waals surface area (Å²) in [6.45, 7) is 10.7. The molecule has 3 aliphatic heterocycles. The molecule has 4 heterocycles. The van der Waals surface area contributed by atoms with E-state index in [1.165, 1.54) is 5.01 Å². The Morgan fingerprint density at radius 2 is 1.70 bits per heavy atom. The maximum absolute atomic E-state index is 13.8. The Labute approximate surface area is 256 Å². The SMILES string of the molecule is C=C1OCC2(/C=C/c3ccc4ccc(nc4c3)[C@@H](C)NC(=O)[C@@H]3CCCN(N3)C(=O)[C@H](C)NC(=O)[C@H](C(C)C)OC2=O)CO1. The van der Waals surface area contributed by atoms with Gasteiger partial charge in [-0.2, -0.15) is 0 Å². The smallest absolute Gasteiger partial charge is 0.323 e. The second-order valence-corrected chi connectivity index (χ2v) is 12.0. The summed E-state index contributed by atoms with van der Waals surface area (Å²) < 4.78 is 16.9. The third kappa shape index (κ3) is 6.54. The van der Waals surface area contributed by atoms with E-state index < -0.39 is 53.3 Å². The highest BCUT2D eigenvalue weighted by Gasteiger charge is 2.45. The average Bonchev–Trinajstić information content (AvgIpc) is 3.01. The van der Waals surface area contributed by atoms with Crippen LogP contribution in [0.1, 0.15) is 57.8 Å². The molecule has 3 amide bonds. The molecular weight excluding hydrogens is 566 g/mol. The largest absolute Gasteiger partial charge is 0.464 e. The van der Waals surface area contributed by atoms with Gasteiger partial charge in [-0.3, -0.25) is 29.2 Å². The van der Waals surface area contributed by atoms with Gasteiger partial charge in [0, 0.05) is 11.9 Å².